The van der Waals surface area contributed by atoms with Crippen molar-refractivity contribution in [1.29, 1.82) is 0 Å². The molecule has 73 heavy (non-hydrogen) atoms. The number of hydrogen-bond donors (Lipinski definition) is 3. The van der Waals surface area contributed by atoms with Gasteiger partial charge in [0.05, 0.1) is 13.0 Å². The summed E-state index contributed by atoms with van der Waals surface area (Å²) in [6.45, 7) is 5.71. The zero-order chi connectivity index (χ0) is 53.3. The maximum absolute atomic E-state index is 13.1. The number of carbonyl (C=O) groups excluding carboxylic acids is 3. The molecule has 1 aliphatic heterocycles. The highest BCUT2D eigenvalue weighted by Crippen LogP contribution is 2.26. The maximum atomic E-state index is 13.1. The molecule has 12 nitrogen and oxygen atoms in total. The molecule has 6 atom stereocenters. The van der Waals surface area contributed by atoms with Crippen LogP contribution in [-0.4, -0.2) is 89.2 Å². The molecule has 1 rings (SSSR count). The highest BCUT2D eigenvalue weighted by Gasteiger charge is 2.50. The van der Waals surface area contributed by atoms with Crippen molar-refractivity contribution in [1.82, 2.24) is 0 Å². The molecular formula is C61H98O12. The van der Waals surface area contributed by atoms with E-state index in [-0.39, 0.29) is 25.9 Å². The molecule has 1 aliphatic rings. The van der Waals surface area contributed by atoms with Gasteiger partial charge in [-0.3, -0.25) is 14.4 Å². The standard InChI is InChI=1S/C61H98O12/c1-4-7-10-13-16-19-22-25-27-30-32-35-38-41-44-47-53(62)69-50-52(71-54(63)48-45-42-39-36-33-29-24-21-18-15-12-9-6-3)51-70-61-59(57(66)56(65)58(73-61)60(67)68)72-55(64)49-46-43-40-37-34-31-28-26-23-20-17-14-11-8-5-2/h7,10,16-17,19-21,24-28,32,35,41,44,52,56-59,61,65-66H,4-6,8-9,11-15,18,22-23,29-31,33-34,36-40,42-43,45-51H2,1-3H3,(H,67,68)/b10-7-,19-16-,20-17-,24-21-,27-25-,28-26-,35-32-,44-41-. The summed E-state index contributed by atoms with van der Waals surface area (Å²) in [6.07, 6.45) is 51.2. The summed E-state index contributed by atoms with van der Waals surface area (Å²) >= 11 is 0. The number of aliphatic hydroxyl groups excluding tert-OH is 2. The van der Waals surface area contributed by atoms with Gasteiger partial charge in [0.1, 0.15) is 18.8 Å². The molecule has 0 aromatic carbocycles. The van der Waals surface area contributed by atoms with Crippen molar-refractivity contribution in [2.45, 2.75) is 250 Å². The van der Waals surface area contributed by atoms with Crippen molar-refractivity contribution in [3.8, 4) is 0 Å². The van der Waals surface area contributed by atoms with Crippen molar-refractivity contribution < 1.29 is 58.2 Å². The van der Waals surface area contributed by atoms with Crippen LogP contribution in [0.2, 0.25) is 0 Å². The monoisotopic (exact) mass is 1020 g/mol. The van der Waals surface area contributed by atoms with Gasteiger partial charge >= 0.3 is 23.9 Å². The lowest BCUT2D eigenvalue weighted by atomic mass is 9.98. The van der Waals surface area contributed by atoms with Crippen LogP contribution in [0.4, 0.5) is 0 Å². The zero-order valence-corrected chi connectivity index (χ0v) is 45.3. The average molecular weight is 1020 g/mol. The Morgan fingerprint density at radius 1 is 0.479 bits per heavy atom. The van der Waals surface area contributed by atoms with Crippen molar-refractivity contribution in [2.75, 3.05) is 13.2 Å². The molecule has 0 spiro atoms. The third-order valence-electron chi connectivity index (χ3n) is 12.1. The van der Waals surface area contributed by atoms with Crippen LogP contribution in [0, 0.1) is 0 Å². The van der Waals surface area contributed by atoms with Crippen LogP contribution in [0.15, 0.2) is 97.2 Å². The molecule has 0 aliphatic carbocycles. The Morgan fingerprint density at radius 3 is 1.42 bits per heavy atom. The van der Waals surface area contributed by atoms with E-state index in [1.165, 1.54) is 44.9 Å². The van der Waals surface area contributed by atoms with E-state index in [1.54, 1.807) is 6.08 Å². The fourth-order valence-corrected chi connectivity index (χ4v) is 7.82. The number of unbranched alkanes of at least 4 members (excludes halogenated alkanes) is 17. The van der Waals surface area contributed by atoms with Gasteiger partial charge in [-0.2, -0.15) is 0 Å². The fourth-order valence-electron chi connectivity index (χ4n) is 7.82. The Labute approximate surface area is 441 Å². The van der Waals surface area contributed by atoms with Crippen molar-refractivity contribution in [3.05, 3.63) is 97.2 Å². The minimum Gasteiger partial charge on any atom is -0.479 e. The number of carboxylic acid groups (broad SMARTS) is 1. The van der Waals surface area contributed by atoms with E-state index in [9.17, 15) is 34.5 Å². The summed E-state index contributed by atoms with van der Waals surface area (Å²) in [5.41, 5.74) is 0. The van der Waals surface area contributed by atoms with E-state index in [1.807, 2.05) is 12.2 Å². The number of carboxylic acids is 1. The first-order valence-corrected chi connectivity index (χ1v) is 28.2. The van der Waals surface area contributed by atoms with Crippen LogP contribution in [-0.2, 0) is 42.9 Å². The summed E-state index contributed by atoms with van der Waals surface area (Å²) in [7, 11) is 0. The SMILES string of the molecule is CC/C=C\C/C=C\C/C=C\C/C=C\C/C=C\CC(=O)OCC(COC1OC(C(=O)O)C(O)C(O)C1OC(=O)CCCCCCC/C=C\C/C=C\CCCCC)OC(=O)CCCCCCC/C=C\CCCCCC. The van der Waals surface area contributed by atoms with Crippen molar-refractivity contribution >= 4 is 23.9 Å². The Balaban J connectivity index is 2.78. The Morgan fingerprint density at radius 2 is 0.904 bits per heavy atom. The number of allylic oxidation sites excluding steroid dienone is 15. The second-order valence-corrected chi connectivity index (χ2v) is 18.8. The number of esters is 3. The van der Waals surface area contributed by atoms with Gasteiger partial charge in [0, 0.05) is 12.8 Å². The summed E-state index contributed by atoms with van der Waals surface area (Å²) in [5.74, 6) is -3.32. The zero-order valence-electron chi connectivity index (χ0n) is 45.3. The molecule has 0 amide bonds. The molecule has 1 fully saturated rings. The number of ether oxygens (including phenoxy) is 5. The molecule has 3 N–H and O–H groups in total. The number of carbonyl (C=O) groups is 4. The van der Waals surface area contributed by atoms with E-state index in [0.29, 0.717) is 19.3 Å². The quantitative estimate of drug-likeness (QED) is 0.0228. The minimum absolute atomic E-state index is 0.0212. The van der Waals surface area contributed by atoms with Gasteiger partial charge in [-0.1, -0.05) is 189 Å². The van der Waals surface area contributed by atoms with Crippen LogP contribution in [0.1, 0.15) is 213 Å². The Kier molecular flexibility index (Phi) is 44.4. The molecule has 0 bridgehead atoms. The van der Waals surface area contributed by atoms with E-state index < -0.39 is 67.3 Å². The molecule has 0 radical (unpaired) electrons. The smallest absolute Gasteiger partial charge is 0.335 e. The Bertz CT molecular complexity index is 1640. The van der Waals surface area contributed by atoms with Gasteiger partial charge in [-0.05, 0) is 103 Å². The molecule has 12 heteroatoms. The minimum atomic E-state index is -1.92. The van der Waals surface area contributed by atoms with Crippen molar-refractivity contribution in [3.63, 3.8) is 0 Å². The van der Waals surface area contributed by atoms with Crippen molar-refractivity contribution in [2.24, 2.45) is 0 Å². The van der Waals surface area contributed by atoms with E-state index in [2.05, 4.69) is 99.8 Å². The van der Waals surface area contributed by atoms with Gasteiger partial charge < -0.3 is 39.0 Å². The first-order valence-electron chi connectivity index (χ1n) is 28.2. The molecule has 1 heterocycles. The van der Waals surface area contributed by atoms with Crippen LogP contribution < -0.4 is 0 Å². The van der Waals surface area contributed by atoms with Crippen LogP contribution in [0.3, 0.4) is 0 Å². The second-order valence-electron chi connectivity index (χ2n) is 18.8. The van der Waals surface area contributed by atoms with Gasteiger partial charge in [0.15, 0.2) is 24.6 Å². The topological polar surface area (TPSA) is 175 Å². The van der Waals surface area contributed by atoms with E-state index >= 15 is 0 Å². The molecule has 0 saturated carbocycles. The molecule has 0 aromatic rings. The predicted octanol–water partition coefficient (Wildman–Crippen LogP) is 14.1. The van der Waals surface area contributed by atoms with Crippen LogP contribution >= 0.6 is 0 Å². The molecule has 6 unspecified atom stereocenters. The van der Waals surface area contributed by atoms with E-state index in [0.717, 1.165) is 109 Å². The number of aliphatic hydroxyl groups is 2. The number of rotatable bonds is 46. The second kappa shape index (κ2) is 48.6. The molecular weight excluding hydrogens is 925 g/mol. The number of aliphatic carboxylic acids is 1. The summed E-state index contributed by atoms with van der Waals surface area (Å²) < 4.78 is 28.2. The molecule has 0 aromatic heterocycles. The average Bonchev–Trinajstić information content (AvgIpc) is 3.37. The lowest BCUT2D eigenvalue weighted by Crippen LogP contribution is -2.61. The van der Waals surface area contributed by atoms with Gasteiger partial charge in [-0.25, -0.2) is 4.79 Å². The third-order valence-corrected chi connectivity index (χ3v) is 12.1. The summed E-state index contributed by atoms with van der Waals surface area (Å²) in [4.78, 5) is 50.9. The normalized spacial score (nSPS) is 19.1. The van der Waals surface area contributed by atoms with Gasteiger partial charge in [0.2, 0.25) is 0 Å². The lowest BCUT2D eigenvalue weighted by Gasteiger charge is -2.40. The largest absolute Gasteiger partial charge is 0.479 e. The van der Waals surface area contributed by atoms with Crippen LogP contribution in [0.25, 0.3) is 0 Å². The first kappa shape index (κ1) is 66.7. The maximum Gasteiger partial charge on any atom is 0.335 e. The van der Waals surface area contributed by atoms with Gasteiger partial charge in [-0.15, -0.1) is 0 Å². The lowest BCUT2D eigenvalue weighted by molar-refractivity contribution is -0.301. The molecule has 1 saturated heterocycles. The predicted molar refractivity (Wildman–Crippen MR) is 294 cm³/mol. The molecule has 414 valence electrons. The summed E-state index contributed by atoms with van der Waals surface area (Å²) in [5, 5.41) is 31.4. The Hall–Kier alpha value is -4.36. The third kappa shape index (κ3) is 38.8. The summed E-state index contributed by atoms with van der Waals surface area (Å²) in [6, 6.07) is 0. The highest BCUT2D eigenvalue weighted by atomic mass is 16.7. The van der Waals surface area contributed by atoms with Gasteiger partial charge in [0.25, 0.3) is 0 Å². The fraction of sp³-hybridized carbons (Fsp3) is 0.672. The first-order chi connectivity index (χ1) is 35.6. The highest BCUT2D eigenvalue weighted by molar-refractivity contribution is 5.74. The van der Waals surface area contributed by atoms with Crippen LogP contribution in [0.5, 0.6) is 0 Å². The number of hydrogen-bond acceptors (Lipinski definition) is 11. The van der Waals surface area contributed by atoms with E-state index in [4.69, 9.17) is 23.7 Å².